The number of pyridine rings is 1. The second-order valence-corrected chi connectivity index (χ2v) is 6.82. The number of hydrogen-bond donors (Lipinski definition) is 1. The summed E-state index contributed by atoms with van der Waals surface area (Å²) < 4.78 is 1.75. The number of fused-ring (bicyclic) bond motifs is 2. The van der Waals surface area contributed by atoms with E-state index >= 15 is 0 Å². The molecule has 1 atom stereocenters. The van der Waals surface area contributed by atoms with Gasteiger partial charge >= 0.3 is 0 Å². The van der Waals surface area contributed by atoms with Crippen molar-refractivity contribution in [2.45, 2.75) is 32.2 Å². The van der Waals surface area contributed by atoms with E-state index in [1.165, 1.54) is 5.56 Å². The highest BCUT2D eigenvalue weighted by Crippen LogP contribution is 2.31. The maximum Gasteiger partial charge on any atom is 0.229 e. The number of aryl methyl sites for hydroxylation is 2. The Labute approximate surface area is 152 Å². The second kappa shape index (κ2) is 6.78. The van der Waals surface area contributed by atoms with Gasteiger partial charge in [0.25, 0.3) is 0 Å². The van der Waals surface area contributed by atoms with Gasteiger partial charge in [-0.15, -0.1) is 0 Å². The molecule has 4 rings (SSSR count). The summed E-state index contributed by atoms with van der Waals surface area (Å²) in [5.41, 5.74) is 4.12. The summed E-state index contributed by atoms with van der Waals surface area (Å²) in [7, 11) is 1.87. The first-order chi connectivity index (χ1) is 12.6. The van der Waals surface area contributed by atoms with Crippen LogP contribution in [0.5, 0.6) is 0 Å². The Morgan fingerprint density at radius 2 is 2.15 bits per heavy atom. The topological polar surface area (TPSA) is 63.1 Å². The molecule has 1 aromatic carbocycles. The molecule has 1 aliphatic heterocycles. The average Bonchev–Trinajstić information content (AvgIpc) is 3.03. The Morgan fingerprint density at radius 3 is 3.04 bits per heavy atom. The fraction of sp³-hybridized carbons (Fsp3) is 0.350. The largest absolute Gasteiger partial charge is 0.384 e. The highest BCUT2D eigenvalue weighted by Gasteiger charge is 2.27. The lowest BCUT2D eigenvalue weighted by atomic mass is 9.96. The monoisotopic (exact) mass is 349 g/mol. The number of anilines is 2. The third-order valence-corrected chi connectivity index (χ3v) is 5.08. The molecule has 3 heterocycles. The SMILES string of the molecule is CC1CCc2ccccc2N1C(=O)CCNc1ccnc2c1cnn2C. The number of carbonyl (C=O) groups is 1. The maximum atomic E-state index is 12.9. The molecule has 0 fully saturated rings. The van der Waals surface area contributed by atoms with Crippen molar-refractivity contribution in [1.82, 2.24) is 14.8 Å². The molecule has 1 amide bonds. The van der Waals surface area contributed by atoms with Crippen molar-refractivity contribution in [2.24, 2.45) is 7.05 Å². The van der Waals surface area contributed by atoms with Gasteiger partial charge in [0, 0.05) is 43.6 Å². The molecule has 3 aromatic rings. The van der Waals surface area contributed by atoms with E-state index in [1.807, 2.05) is 30.1 Å². The predicted molar refractivity (Wildman–Crippen MR) is 103 cm³/mol. The number of nitrogens with one attached hydrogen (secondary N) is 1. The van der Waals surface area contributed by atoms with Crippen LogP contribution in [0.4, 0.5) is 11.4 Å². The van der Waals surface area contributed by atoms with Gasteiger partial charge in [0.15, 0.2) is 5.65 Å². The first-order valence-corrected chi connectivity index (χ1v) is 9.05. The number of nitrogens with zero attached hydrogens (tertiary/aromatic N) is 4. The molecule has 26 heavy (non-hydrogen) atoms. The summed E-state index contributed by atoms with van der Waals surface area (Å²) in [6.07, 6.45) is 6.06. The van der Waals surface area contributed by atoms with Crippen LogP contribution >= 0.6 is 0 Å². The summed E-state index contributed by atoms with van der Waals surface area (Å²) in [5, 5.41) is 8.59. The Balaban J connectivity index is 1.46. The molecule has 1 aliphatic rings. The van der Waals surface area contributed by atoms with E-state index in [-0.39, 0.29) is 11.9 Å². The van der Waals surface area contributed by atoms with Crippen LogP contribution in [0.1, 0.15) is 25.3 Å². The minimum atomic E-state index is 0.161. The van der Waals surface area contributed by atoms with Crippen molar-refractivity contribution < 1.29 is 4.79 Å². The predicted octanol–water partition coefficient (Wildman–Crippen LogP) is 3.14. The molecule has 134 valence electrons. The van der Waals surface area contributed by atoms with Gasteiger partial charge < -0.3 is 10.2 Å². The van der Waals surface area contributed by atoms with Crippen LogP contribution in [0.2, 0.25) is 0 Å². The average molecular weight is 349 g/mol. The Kier molecular flexibility index (Phi) is 4.32. The fourth-order valence-electron chi connectivity index (χ4n) is 3.69. The molecule has 0 bridgehead atoms. The number of carbonyl (C=O) groups excluding carboxylic acids is 1. The van der Waals surface area contributed by atoms with Crippen LogP contribution < -0.4 is 10.2 Å². The first kappa shape index (κ1) is 16.6. The number of aromatic nitrogens is 3. The number of rotatable bonds is 4. The van der Waals surface area contributed by atoms with Gasteiger partial charge in [0.2, 0.25) is 5.91 Å². The minimum Gasteiger partial charge on any atom is -0.384 e. The Bertz CT molecular complexity index is 948. The molecule has 1 unspecified atom stereocenters. The maximum absolute atomic E-state index is 12.9. The van der Waals surface area contributed by atoms with Gasteiger partial charge in [-0.2, -0.15) is 5.10 Å². The lowest BCUT2D eigenvalue weighted by Gasteiger charge is -2.35. The number of amides is 1. The third-order valence-electron chi connectivity index (χ3n) is 5.08. The summed E-state index contributed by atoms with van der Waals surface area (Å²) in [4.78, 5) is 19.2. The smallest absolute Gasteiger partial charge is 0.229 e. The Hall–Kier alpha value is -2.89. The van der Waals surface area contributed by atoms with E-state index in [4.69, 9.17) is 0 Å². The van der Waals surface area contributed by atoms with E-state index in [2.05, 4.69) is 34.5 Å². The van der Waals surface area contributed by atoms with Crippen molar-refractivity contribution in [3.05, 3.63) is 48.3 Å². The van der Waals surface area contributed by atoms with E-state index in [0.29, 0.717) is 13.0 Å². The van der Waals surface area contributed by atoms with Crippen molar-refractivity contribution >= 4 is 28.3 Å². The van der Waals surface area contributed by atoms with E-state index in [0.717, 1.165) is 35.2 Å². The van der Waals surface area contributed by atoms with Crippen LogP contribution in [0.3, 0.4) is 0 Å². The first-order valence-electron chi connectivity index (χ1n) is 9.05. The second-order valence-electron chi connectivity index (χ2n) is 6.82. The van der Waals surface area contributed by atoms with Crippen LogP contribution in [0.25, 0.3) is 11.0 Å². The van der Waals surface area contributed by atoms with Gasteiger partial charge in [-0.3, -0.25) is 9.48 Å². The van der Waals surface area contributed by atoms with E-state index in [9.17, 15) is 4.79 Å². The van der Waals surface area contributed by atoms with Gasteiger partial charge in [-0.05, 0) is 37.5 Å². The number of para-hydroxylation sites is 1. The lowest BCUT2D eigenvalue weighted by Crippen LogP contribution is -2.42. The third kappa shape index (κ3) is 2.92. The molecular weight excluding hydrogens is 326 g/mol. The summed E-state index contributed by atoms with van der Waals surface area (Å²) in [6, 6.07) is 10.4. The van der Waals surface area contributed by atoms with Crippen molar-refractivity contribution in [1.29, 1.82) is 0 Å². The van der Waals surface area contributed by atoms with Crippen LogP contribution in [0, 0.1) is 0 Å². The molecule has 0 spiro atoms. The lowest BCUT2D eigenvalue weighted by molar-refractivity contribution is -0.118. The summed E-state index contributed by atoms with van der Waals surface area (Å²) in [5.74, 6) is 0.161. The normalized spacial score (nSPS) is 16.5. The molecule has 0 saturated heterocycles. The summed E-state index contributed by atoms with van der Waals surface area (Å²) >= 11 is 0. The zero-order chi connectivity index (χ0) is 18.1. The van der Waals surface area contributed by atoms with Crippen LogP contribution in [-0.4, -0.2) is 33.3 Å². The summed E-state index contributed by atoms with van der Waals surface area (Å²) in [6.45, 7) is 2.71. The zero-order valence-corrected chi connectivity index (χ0v) is 15.1. The highest BCUT2D eigenvalue weighted by molar-refractivity contribution is 5.95. The van der Waals surface area contributed by atoms with Gasteiger partial charge in [0.05, 0.1) is 11.6 Å². The van der Waals surface area contributed by atoms with Gasteiger partial charge in [-0.1, -0.05) is 18.2 Å². The highest BCUT2D eigenvalue weighted by atomic mass is 16.2. The van der Waals surface area contributed by atoms with Gasteiger partial charge in [-0.25, -0.2) is 4.98 Å². The van der Waals surface area contributed by atoms with Crippen LogP contribution in [0.15, 0.2) is 42.7 Å². The minimum absolute atomic E-state index is 0.161. The van der Waals surface area contributed by atoms with Crippen molar-refractivity contribution in [3.63, 3.8) is 0 Å². The standard InChI is InChI=1S/C20H23N5O/c1-14-7-8-15-5-3-4-6-18(15)25(14)19(26)10-12-21-17-9-11-22-20-16(17)13-23-24(20)2/h3-6,9,11,13-14H,7-8,10,12H2,1-2H3,(H,21,22). The van der Waals surface area contributed by atoms with Gasteiger partial charge in [0.1, 0.15) is 0 Å². The molecule has 6 nitrogen and oxygen atoms in total. The molecule has 0 aliphatic carbocycles. The van der Waals surface area contributed by atoms with E-state index in [1.54, 1.807) is 17.1 Å². The van der Waals surface area contributed by atoms with E-state index < -0.39 is 0 Å². The zero-order valence-electron chi connectivity index (χ0n) is 15.1. The fourth-order valence-corrected chi connectivity index (χ4v) is 3.69. The molecular formula is C20H23N5O. The molecule has 0 saturated carbocycles. The Morgan fingerprint density at radius 1 is 1.31 bits per heavy atom. The molecule has 0 radical (unpaired) electrons. The number of benzene rings is 1. The van der Waals surface area contributed by atoms with Crippen molar-refractivity contribution in [3.8, 4) is 0 Å². The van der Waals surface area contributed by atoms with Crippen molar-refractivity contribution in [2.75, 3.05) is 16.8 Å². The number of hydrogen-bond acceptors (Lipinski definition) is 4. The molecule has 1 N–H and O–H groups in total. The molecule has 2 aromatic heterocycles. The quantitative estimate of drug-likeness (QED) is 0.786. The molecule has 6 heteroatoms. The van der Waals surface area contributed by atoms with Crippen LogP contribution in [-0.2, 0) is 18.3 Å².